The molecule has 1 rings (SSSR count). The van der Waals surface area contributed by atoms with E-state index in [0.717, 1.165) is 18.4 Å². The van der Waals surface area contributed by atoms with Crippen molar-refractivity contribution in [3.8, 4) is 6.07 Å². The number of hydrogen-bond donors (Lipinski definition) is 1. The molecular weight excluding hydrogens is 215 g/mol. The first-order valence-corrected chi connectivity index (χ1v) is 5.97. The Morgan fingerprint density at radius 1 is 1.29 bits per heavy atom. The smallest absolute Gasteiger partial charge is 0.124 e. The minimum absolute atomic E-state index is 0.0686. The van der Waals surface area contributed by atoms with Crippen molar-refractivity contribution in [2.75, 3.05) is 0 Å². The fourth-order valence-corrected chi connectivity index (χ4v) is 1.63. The first kappa shape index (κ1) is 13.7. The largest absolute Gasteiger partial charge is 0.307 e. The van der Waals surface area contributed by atoms with Gasteiger partial charge < -0.3 is 5.32 Å². The van der Waals surface area contributed by atoms with Crippen molar-refractivity contribution in [2.45, 2.75) is 45.7 Å². The average Bonchev–Trinajstić information content (AvgIpc) is 2.35. The standard InChI is InChI=1S/C14H19FN2/c1-4-14(3,5-2)17-10-12-6-11(9-16)7-13(15)8-12/h6-8,17H,4-5,10H2,1-3H3. The SMILES string of the molecule is CCC(C)(CC)NCc1cc(F)cc(C#N)c1. The van der Waals surface area contributed by atoms with Gasteiger partial charge in [0.1, 0.15) is 5.82 Å². The molecule has 2 nitrogen and oxygen atoms in total. The van der Waals surface area contributed by atoms with E-state index in [1.807, 2.05) is 6.07 Å². The zero-order valence-electron chi connectivity index (χ0n) is 10.7. The van der Waals surface area contributed by atoms with E-state index in [4.69, 9.17) is 5.26 Å². The summed E-state index contributed by atoms with van der Waals surface area (Å²) in [6, 6.07) is 6.41. The van der Waals surface area contributed by atoms with Crippen LogP contribution in [-0.4, -0.2) is 5.54 Å². The molecule has 0 saturated carbocycles. The van der Waals surface area contributed by atoms with E-state index in [1.54, 1.807) is 6.07 Å². The highest BCUT2D eigenvalue weighted by Crippen LogP contribution is 2.15. The van der Waals surface area contributed by atoms with Crippen molar-refractivity contribution in [3.05, 3.63) is 35.1 Å². The van der Waals surface area contributed by atoms with Gasteiger partial charge in [-0.05, 0) is 43.5 Å². The fourth-order valence-electron chi connectivity index (χ4n) is 1.63. The lowest BCUT2D eigenvalue weighted by molar-refractivity contribution is 0.329. The fraction of sp³-hybridized carbons (Fsp3) is 0.500. The predicted molar refractivity (Wildman–Crippen MR) is 66.9 cm³/mol. The normalized spacial score (nSPS) is 11.2. The molecule has 3 heteroatoms. The van der Waals surface area contributed by atoms with Crippen LogP contribution in [0.2, 0.25) is 0 Å². The van der Waals surface area contributed by atoms with Crippen molar-refractivity contribution in [2.24, 2.45) is 0 Å². The van der Waals surface area contributed by atoms with Gasteiger partial charge in [0.25, 0.3) is 0 Å². The van der Waals surface area contributed by atoms with E-state index in [9.17, 15) is 4.39 Å². The summed E-state index contributed by atoms with van der Waals surface area (Å²) in [7, 11) is 0. The zero-order chi connectivity index (χ0) is 12.9. The lowest BCUT2D eigenvalue weighted by Crippen LogP contribution is -2.40. The van der Waals surface area contributed by atoms with Crippen LogP contribution in [0.15, 0.2) is 18.2 Å². The number of hydrogen-bond acceptors (Lipinski definition) is 2. The van der Waals surface area contributed by atoms with Gasteiger partial charge in [-0.2, -0.15) is 5.26 Å². The molecule has 0 aliphatic carbocycles. The molecule has 0 aliphatic heterocycles. The molecule has 1 aromatic rings. The van der Waals surface area contributed by atoms with Gasteiger partial charge in [0.15, 0.2) is 0 Å². The highest BCUT2D eigenvalue weighted by molar-refractivity contribution is 5.33. The van der Waals surface area contributed by atoms with E-state index in [-0.39, 0.29) is 11.4 Å². The van der Waals surface area contributed by atoms with Crippen LogP contribution in [0.25, 0.3) is 0 Å². The van der Waals surface area contributed by atoms with Crippen LogP contribution in [0.1, 0.15) is 44.7 Å². The molecule has 0 radical (unpaired) electrons. The summed E-state index contributed by atoms with van der Waals surface area (Å²) in [6.45, 7) is 6.99. The summed E-state index contributed by atoms with van der Waals surface area (Å²) in [6.07, 6.45) is 2.04. The molecule has 1 aromatic carbocycles. The summed E-state index contributed by atoms with van der Waals surface area (Å²) in [5.74, 6) is -0.351. The third-order valence-electron chi connectivity index (χ3n) is 3.37. The van der Waals surface area contributed by atoms with E-state index in [1.165, 1.54) is 12.1 Å². The van der Waals surface area contributed by atoms with Crippen molar-refractivity contribution in [3.63, 3.8) is 0 Å². The third-order valence-corrected chi connectivity index (χ3v) is 3.37. The third kappa shape index (κ3) is 3.83. The van der Waals surface area contributed by atoms with Crippen LogP contribution in [0.4, 0.5) is 4.39 Å². The van der Waals surface area contributed by atoms with Gasteiger partial charge in [0.05, 0.1) is 11.6 Å². The van der Waals surface area contributed by atoms with Crippen molar-refractivity contribution < 1.29 is 4.39 Å². The Labute approximate surface area is 102 Å². The van der Waals surface area contributed by atoms with Gasteiger partial charge in [-0.25, -0.2) is 4.39 Å². The van der Waals surface area contributed by atoms with E-state index in [0.29, 0.717) is 12.1 Å². The second kappa shape index (κ2) is 5.79. The Balaban J connectivity index is 2.76. The second-order valence-electron chi connectivity index (χ2n) is 4.58. The maximum atomic E-state index is 13.2. The Kier molecular flexibility index (Phi) is 4.65. The molecule has 0 spiro atoms. The molecule has 0 atom stereocenters. The Hall–Kier alpha value is -1.40. The molecule has 1 N–H and O–H groups in total. The molecule has 0 amide bonds. The van der Waals surface area contributed by atoms with Gasteiger partial charge in [0.2, 0.25) is 0 Å². The minimum atomic E-state index is -0.351. The number of nitrogens with one attached hydrogen (secondary N) is 1. The van der Waals surface area contributed by atoms with Crippen LogP contribution in [0, 0.1) is 17.1 Å². The molecule has 0 unspecified atom stereocenters. The summed E-state index contributed by atoms with van der Waals surface area (Å²) in [5.41, 5.74) is 1.25. The predicted octanol–water partition coefficient (Wildman–Crippen LogP) is 3.37. The van der Waals surface area contributed by atoms with Crippen LogP contribution < -0.4 is 5.32 Å². The quantitative estimate of drug-likeness (QED) is 0.848. The highest BCUT2D eigenvalue weighted by Gasteiger charge is 2.18. The van der Waals surface area contributed by atoms with Crippen LogP contribution in [0.5, 0.6) is 0 Å². The van der Waals surface area contributed by atoms with Crippen molar-refractivity contribution in [1.82, 2.24) is 5.32 Å². The summed E-state index contributed by atoms with van der Waals surface area (Å²) in [4.78, 5) is 0. The van der Waals surface area contributed by atoms with E-state index >= 15 is 0 Å². The van der Waals surface area contributed by atoms with Crippen LogP contribution in [-0.2, 0) is 6.54 Å². The maximum Gasteiger partial charge on any atom is 0.124 e. The Morgan fingerprint density at radius 2 is 1.94 bits per heavy atom. The van der Waals surface area contributed by atoms with Crippen molar-refractivity contribution >= 4 is 0 Å². The van der Waals surface area contributed by atoms with Gasteiger partial charge in [-0.15, -0.1) is 0 Å². The average molecular weight is 234 g/mol. The molecule has 0 saturated heterocycles. The number of nitriles is 1. The number of benzene rings is 1. The van der Waals surface area contributed by atoms with Crippen LogP contribution >= 0.6 is 0 Å². The van der Waals surface area contributed by atoms with Gasteiger partial charge >= 0.3 is 0 Å². The topological polar surface area (TPSA) is 35.8 Å². The Morgan fingerprint density at radius 3 is 2.47 bits per heavy atom. The molecule has 0 aromatic heterocycles. The summed E-state index contributed by atoms with van der Waals surface area (Å²) >= 11 is 0. The molecule has 0 bridgehead atoms. The van der Waals surface area contributed by atoms with E-state index in [2.05, 4.69) is 26.1 Å². The second-order valence-corrected chi connectivity index (χ2v) is 4.58. The number of rotatable bonds is 5. The molecule has 0 heterocycles. The molecule has 92 valence electrons. The monoisotopic (exact) mass is 234 g/mol. The lowest BCUT2D eigenvalue weighted by Gasteiger charge is -2.28. The summed E-state index contributed by atoms with van der Waals surface area (Å²) < 4.78 is 13.2. The molecule has 0 aliphatic rings. The zero-order valence-corrected chi connectivity index (χ0v) is 10.7. The molecule has 0 fully saturated rings. The van der Waals surface area contributed by atoms with Gasteiger partial charge in [-0.1, -0.05) is 13.8 Å². The maximum absolute atomic E-state index is 13.2. The van der Waals surface area contributed by atoms with E-state index < -0.39 is 0 Å². The molecular formula is C14H19FN2. The van der Waals surface area contributed by atoms with Crippen LogP contribution in [0.3, 0.4) is 0 Å². The van der Waals surface area contributed by atoms with Crippen molar-refractivity contribution in [1.29, 1.82) is 5.26 Å². The Bertz CT molecular complexity index is 417. The van der Waals surface area contributed by atoms with Gasteiger partial charge in [0, 0.05) is 12.1 Å². The summed E-state index contributed by atoms with van der Waals surface area (Å²) in [5, 5.41) is 12.2. The van der Waals surface area contributed by atoms with Gasteiger partial charge in [-0.3, -0.25) is 0 Å². The lowest BCUT2D eigenvalue weighted by atomic mass is 9.95. The number of nitrogens with zero attached hydrogens (tertiary/aromatic N) is 1. The minimum Gasteiger partial charge on any atom is -0.307 e. The first-order valence-electron chi connectivity index (χ1n) is 5.97. The molecule has 17 heavy (non-hydrogen) atoms. The first-order chi connectivity index (χ1) is 8.03. The highest BCUT2D eigenvalue weighted by atomic mass is 19.1. The number of halogens is 1.